The van der Waals surface area contributed by atoms with Crippen LogP contribution in [-0.2, 0) is 4.79 Å². The van der Waals surface area contributed by atoms with Crippen LogP contribution in [0.2, 0.25) is 5.02 Å². The zero-order valence-corrected chi connectivity index (χ0v) is 24.6. The smallest absolute Gasteiger partial charge is 0.246 e. The Morgan fingerprint density at radius 2 is 1.88 bits per heavy atom. The summed E-state index contributed by atoms with van der Waals surface area (Å²) in [6.45, 7) is 12.1. The average molecular weight is 578 g/mol. The highest BCUT2D eigenvalue weighted by molar-refractivity contribution is 6.35. The van der Waals surface area contributed by atoms with E-state index in [4.69, 9.17) is 26.0 Å². The number of aromatic nitrogens is 3. The van der Waals surface area contributed by atoms with Gasteiger partial charge in [-0.15, -0.1) is 0 Å². The van der Waals surface area contributed by atoms with E-state index in [9.17, 15) is 4.79 Å². The molecule has 2 aliphatic rings. The third kappa shape index (κ3) is 4.49. The number of rotatable bonds is 5. The Kier molecular flexibility index (Phi) is 6.86. The van der Waals surface area contributed by atoms with Crippen molar-refractivity contribution in [2.24, 2.45) is 0 Å². The van der Waals surface area contributed by atoms with Gasteiger partial charge in [0.2, 0.25) is 11.9 Å². The van der Waals surface area contributed by atoms with Crippen LogP contribution in [-0.4, -0.2) is 89.1 Å². The second-order valence-electron chi connectivity index (χ2n) is 11.3. The van der Waals surface area contributed by atoms with Crippen LogP contribution in [0, 0.1) is 12.7 Å². The fourth-order valence-electron chi connectivity index (χ4n) is 5.90. The molecule has 4 heterocycles. The predicted octanol–water partition coefficient (Wildman–Crippen LogP) is 4.90. The number of hydrogen-bond donors (Lipinski definition) is 0. The molecule has 4 aromatic rings. The monoisotopic (exact) mass is 577 g/mol. The number of amides is 1. The molecule has 2 aromatic carbocycles. The number of nitrogens with zero attached hydrogens (tertiary/aromatic N) is 7. The van der Waals surface area contributed by atoms with Crippen LogP contribution in [0.25, 0.3) is 33.1 Å². The van der Waals surface area contributed by atoms with Crippen LogP contribution in [0.15, 0.2) is 41.7 Å². The maximum absolute atomic E-state index is 16.8. The molecule has 9 nitrogen and oxygen atoms in total. The molecule has 2 atom stereocenters. The third-order valence-electron chi connectivity index (χ3n) is 8.40. The van der Waals surface area contributed by atoms with E-state index in [1.807, 2.05) is 51.9 Å². The number of carbonyl (C=O) groups is 1. The van der Waals surface area contributed by atoms with Gasteiger partial charge in [0.15, 0.2) is 17.8 Å². The maximum atomic E-state index is 16.8. The zero-order chi connectivity index (χ0) is 29.2. The van der Waals surface area contributed by atoms with Crippen molar-refractivity contribution in [2.45, 2.75) is 38.9 Å². The SMILES string of the molecule is C=CC(=O)N1C[C@H](C)N(c2nc(N3CC(N(C)C)C3)nc3c(F)c(-c4c(C)ccc5ocnc45)c(Cl)cc23)C[C@H]1C. The second kappa shape index (κ2) is 10.3. The Morgan fingerprint density at radius 1 is 1.12 bits per heavy atom. The van der Waals surface area contributed by atoms with Crippen molar-refractivity contribution >= 4 is 51.3 Å². The molecule has 2 aromatic heterocycles. The molecule has 2 fully saturated rings. The maximum Gasteiger partial charge on any atom is 0.246 e. The van der Waals surface area contributed by atoms with Crippen molar-refractivity contribution in [1.82, 2.24) is 24.8 Å². The number of carbonyl (C=O) groups excluding carboxylic acids is 1. The van der Waals surface area contributed by atoms with Gasteiger partial charge in [-0.25, -0.2) is 14.4 Å². The molecule has 0 saturated carbocycles. The normalized spacial score (nSPS) is 19.9. The lowest BCUT2D eigenvalue weighted by molar-refractivity contribution is -0.128. The minimum absolute atomic E-state index is 0.0837. The summed E-state index contributed by atoms with van der Waals surface area (Å²) in [5.41, 5.74) is 2.93. The van der Waals surface area contributed by atoms with Crippen LogP contribution in [0.5, 0.6) is 0 Å². The number of hydrogen-bond acceptors (Lipinski definition) is 8. The molecular formula is C30H33ClFN7O2. The number of likely N-dealkylation sites (N-methyl/N-ethyl adjacent to an activating group) is 1. The minimum Gasteiger partial charge on any atom is -0.443 e. The second-order valence-corrected chi connectivity index (χ2v) is 11.7. The summed E-state index contributed by atoms with van der Waals surface area (Å²) in [7, 11) is 4.09. The molecule has 0 spiro atoms. The van der Waals surface area contributed by atoms with Crippen molar-refractivity contribution in [3.8, 4) is 11.1 Å². The molecular weight excluding hydrogens is 545 g/mol. The molecule has 6 rings (SSSR count). The van der Waals surface area contributed by atoms with Gasteiger partial charge >= 0.3 is 0 Å². The molecule has 0 N–H and O–H groups in total. The van der Waals surface area contributed by atoms with Crippen LogP contribution < -0.4 is 9.80 Å². The Labute approximate surface area is 243 Å². The fraction of sp³-hybridized carbons (Fsp3) is 0.400. The van der Waals surface area contributed by atoms with E-state index in [1.165, 1.54) is 12.5 Å². The summed E-state index contributed by atoms with van der Waals surface area (Å²) in [5, 5.41) is 0.765. The Hall–Kier alpha value is -3.76. The number of benzene rings is 2. The van der Waals surface area contributed by atoms with Crippen LogP contribution in [0.1, 0.15) is 19.4 Å². The zero-order valence-electron chi connectivity index (χ0n) is 23.9. The highest BCUT2D eigenvalue weighted by Gasteiger charge is 2.36. The van der Waals surface area contributed by atoms with Gasteiger partial charge in [-0.2, -0.15) is 4.98 Å². The highest BCUT2D eigenvalue weighted by Crippen LogP contribution is 2.43. The molecule has 2 aliphatic heterocycles. The summed E-state index contributed by atoms with van der Waals surface area (Å²) in [6, 6.07) is 5.62. The Balaban J connectivity index is 1.54. The molecule has 2 saturated heterocycles. The lowest BCUT2D eigenvalue weighted by Crippen LogP contribution is -2.59. The van der Waals surface area contributed by atoms with E-state index in [2.05, 4.69) is 26.3 Å². The van der Waals surface area contributed by atoms with Crippen LogP contribution in [0.3, 0.4) is 0 Å². The summed E-state index contributed by atoms with van der Waals surface area (Å²) >= 11 is 6.88. The van der Waals surface area contributed by atoms with E-state index in [1.54, 1.807) is 6.07 Å². The van der Waals surface area contributed by atoms with E-state index < -0.39 is 5.82 Å². The largest absolute Gasteiger partial charge is 0.443 e. The van der Waals surface area contributed by atoms with Crippen molar-refractivity contribution in [3.05, 3.63) is 53.7 Å². The molecule has 0 radical (unpaired) electrons. The van der Waals surface area contributed by atoms with E-state index in [0.29, 0.717) is 52.9 Å². The molecule has 0 unspecified atom stereocenters. The molecule has 11 heteroatoms. The first-order valence-corrected chi connectivity index (χ1v) is 14.1. The number of fused-ring (bicyclic) bond motifs is 2. The number of piperazine rings is 1. The van der Waals surface area contributed by atoms with Gasteiger partial charge in [-0.05, 0) is 58.6 Å². The van der Waals surface area contributed by atoms with Crippen LogP contribution >= 0.6 is 11.6 Å². The van der Waals surface area contributed by atoms with Gasteiger partial charge in [-0.1, -0.05) is 24.2 Å². The van der Waals surface area contributed by atoms with E-state index in [-0.39, 0.29) is 34.1 Å². The Bertz CT molecular complexity index is 1680. The van der Waals surface area contributed by atoms with Gasteiger partial charge in [0.25, 0.3) is 0 Å². The van der Waals surface area contributed by atoms with Gasteiger partial charge in [0.05, 0.1) is 5.02 Å². The van der Waals surface area contributed by atoms with Gasteiger partial charge < -0.3 is 24.0 Å². The first kappa shape index (κ1) is 27.4. The topological polar surface area (TPSA) is 81.8 Å². The Morgan fingerprint density at radius 3 is 2.59 bits per heavy atom. The lowest BCUT2D eigenvalue weighted by Gasteiger charge is -2.45. The number of halogens is 2. The summed E-state index contributed by atoms with van der Waals surface area (Å²) in [5.74, 6) is 0.441. The van der Waals surface area contributed by atoms with E-state index >= 15 is 4.39 Å². The third-order valence-corrected chi connectivity index (χ3v) is 8.70. The fourth-order valence-corrected chi connectivity index (χ4v) is 6.18. The first-order valence-electron chi connectivity index (χ1n) is 13.7. The standard InChI is InChI=1S/C30H33ClFN7O2/c1-7-23(40)38-11-18(4)39(12-17(38)3)29-20-10-21(31)25(24-16(2)8-9-22-28(24)33-15-41-22)26(32)27(20)34-30(35-29)37-13-19(14-37)36(5)6/h7-10,15,17-19H,1,11-14H2,2-6H3/t17-,18+/m1/s1. The number of aryl methyl sites for hydroxylation is 1. The van der Waals surface area contributed by atoms with Gasteiger partial charge in [0.1, 0.15) is 16.9 Å². The van der Waals surface area contributed by atoms with E-state index in [0.717, 1.165) is 18.7 Å². The van der Waals surface area contributed by atoms with Crippen molar-refractivity contribution in [2.75, 3.05) is 50.1 Å². The highest BCUT2D eigenvalue weighted by atomic mass is 35.5. The first-order chi connectivity index (χ1) is 19.6. The summed E-state index contributed by atoms with van der Waals surface area (Å²) in [4.78, 5) is 34.8. The molecule has 214 valence electrons. The number of oxazole rings is 1. The quantitative estimate of drug-likeness (QED) is 0.310. The molecule has 0 aliphatic carbocycles. The van der Waals surface area contributed by atoms with Gasteiger partial charge in [-0.3, -0.25) is 4.79 Å². The average Bonchev–Trinajstić information content (AvgIpc) is 3.38. The number of anilines is 2. The van der Waals surface area contributed by atoms with Gasteiger partial charge in [0, 0.05) is 60.8 Å². The lowest BCUT2D eigenvalue weighted by atomic mass is 9.96. The molecule has 0 bridgehead atoms. The van der Waals surface area contributed by atoms with Crippen molar-refractivity contribution < 1.29 is 13.6 Å². The predicted molar refractivity (Wildman–Crippen MR) is 160 cm³/mol. The van der Waals surface area contributed by atoms with Crippen LogP contribution in [0.4, 0.5) is 16.2 Å². The van der Waals surface area contributed by atoms with Crippen molar-refractivity contribution in [3.63, 3.8) is 0 Å². The minimum atomic E-state index is -0.526. The molecule has 1 amide bonds. The summed E-state index contributed by atoms with van der Waals surface area (Å²) in [6.07, 6.45) is 2.69. The summed E-state index contributed by atoms with van der Waals surface area (Å²) < 4.78 is 22.3. The van der Waals surface area contributed by atoms with Crippen molar-refractivity contribution in [1.29, 1.82) is 0 Å². The molecule has 41 heavy (non-hydrogen) atoms.